The van der Waals surface area contributed by atoms with Crippen molar-refractivity contribution in [3.63, 3.8) is 0 Å². The lowest BCUT2D eigenvalue weighted by Gasteiger charge is -2.27. The Bertz CT molecular complexity index is 591. The Morgan fingerprint density at radius 1 is 1.05 bits per heavy atom. The zero-order chi connectivity index (χ0) is 14.5. The van der Waals surface area contributed by atoms with E-state index in [1.54, 1.807) is 24.3 Å². The van der Waals surface area contributed by atoms with Gasteiger partial charge in [0.2, 0.25) is 0 Å². The van der Waals surface area contributed by atoms with Gasteiger partial charge in [0.05, 0.1) is 5.56 Å². The van der Waals surface area contributed by atoms with E-state index in [1.165, 1.54) is 0 Å². The quantitative estimate of drug-likeness (QED) is 0.856. The molecule has 2 aromatic carbocycles. The highest BCUT2D eigenvalue weighted by Crippen LogP contribution is 2.16. The molecule has 0 spiro atoms. The third-order valence-electron chi connectivity index (χ3n) is 3.35. The number of benzene rings is 2. The van der Waals surface area contributed by atoms with E-state index in [2.05, 4.69) is 5.32 Å². The van der Waals surface area contributed by atoms with Crippen LogP contribution in [0, 0.1) is 0 Å². The number of ether oxygens (including phenoxy) is 2. The van der Waals surface area contributed by atoms with Crippen LogP contribution in [0.25, 0.3) is 0 Å². The molecule has 0 radical (unpaired) electrons. The third-order valence-corrected chi connectivity index (χ3v) is 3.35. The van der Waals surface area contributed by atoms with E-state index in [-0.39, 0.29) is 18.7 Å². The van der Waals surface area contributed by atoms with Crippen molar-refractivity contribution in [2.45, 2.75) is 12.7 Å². The Morgan fingerprint density at radius 2 is 1.76 bits per heavy atom. The van der Waals surface area contributed by atoms with Gasteiger partial charge >= 0.3 is 5.97 Å². The zero-order valence-corrected chi connectivity index (χ0v) is 11.6. The molecule has 0 saturated carbocycles. The first-order valence-electron chi connectivity index (χ1n) is 7.00. The highest BCUT2D eigenvalue weighted by atomic mass is 16.5. The summed E-state index contributed by atoms with van der Waals surface area (Å²) in [4.78, 5) is 11.9. The third kappa shape index (κ3) is 3.61. The van der Waals surface area contributed by atoms with Crippen molar-refractivity contribution < 1.29 is 14.3 Å². The maximum atomic E-state index is 11.9. The number of hydrogen-bond donors (Lipinski definition) is 1. The van der Waals surface area contributed by atoms with Crippen LogP contribution in [0.4, 0.5) is 0 Å². The lowest BCUT2D eigenvalue weighted by molar-refractivity contribution is 0.0472. The molecule has 0 amide bonds. The molecule has 0 aromatic heterocycles. The van der Waals surface area contributed by atoms with E-state index in [1.807, 2.05) is 30.3 Å². The van der Waals surface area contributed by atoms with Crippen LogP contribution in [0.2, 0.25) is 0 Å². The van der Waals surface area contributed by atoms with Crippen molar-refractivity contribution in [2.75, 3.05) is 13.1 Å². The fourth-order valence-corrected chi connectivity index (χ4v) is 2.01. The first-order valence-corrected chi connectivity index (χ1v) is 7.00. The number of esters is 1. The van der Waals surface area contributed by atoms with Crippen molar-refractivity contribution in [3.05, 3.63) is 65.7 Å². The molecule has 0 unspecified atom stereocenters. The monoisotopic (exact) mass is 283 g/mol. The Morgan fingerprint density at radius 3 is 2.38 bits per heavy atom. The molecule has 4 nitrogen and oxygen atoms in total. The minimum Gasteiger partial charge on any atom is -0.488 e. The maximum absolute atomic E-state index is 11.9. The predicted molar refractivity (Wildman–Crippen MR) is 79.3 cm³/mol. The largest absolute Gasteiger partial charge is 0.488 e. The molecule has 1 aliphatic rings. The molecule has 0 bridgehead atoms. The van der Waals surface area contributed by atoms with Crippen LogP contribution >= 0.6 is 0 Å². The molecular formula is C17H17NO3. The topological polar surface area (TPSA) is 47.6 Å². The second-order valence-electron chi connectivity index (χ2n) is 4.98. The summed E-state index contributed by atoms with van der Waals surface area (Å²) in [5.74, 6) is 0.455. The molecule has 1 heterocycles. The molecule has 4 heteroatoms. The number of hydrogen-bond acceptors (Lipinski definition) is 4. The summed E-state index contributed by atoms with van der Waals surface area (Å²) in [6.07, 6.45) is 0.237. The first-order chi connectivity index (χ1) is 10.3. The molecule has 2 aromatic rings. The molecule has 108 valence electrons. The Kier molecular flexibility index (Phi) is 4.17. The highest BCUT2D eigenvalue weighted by molar-refractivity contribution is 5.89. The predicted octanol–water partition coefficient (Wildman–Crippen LogP) is 2.39. The molecule has 1 fully saturated rings. The Hall–Kier alpha value is -2.33. The van der Waals surface area contributed by atoms with Crippen LogP contribution in [0.3, 0.4) is 0 Å². The number of rotatable bonds is 5. The van der Waals surface area contributed by atoms with E-state index in [0.29, 0.717) is 5.56 Å². The van der Waals surface area contributed by atoms with Gasteiger partial charge in [-0.3, -0.25) is 0 Å². The zero-order valence-electron chi connectivity index (χ0n) is 11.6. The van der Waals surface area contributed by atoms with Gasteiger partial charge in [-0.05, 0) is 29.8 Å². The molecule has 1 saturated heterocycles. The number of carbonyl (C=O) groups excluding carboxylic acids is 1. The lowest BCUT2D eigenvalue weighted by Crippen LogP contribution is -2.50. The molecule has 1 N–H and O–H groups in total. The fraction of sp³-hybridized carbons (Fsp3) is 0.235. The minimum atomic E-state index is -0.323. The smallest absolute Gasteiger partial charge is 0.338 e. The summed E-state index contributed by atoms with van der Waals surface area (Å²) in [5.41, 5.74) is 1.51. The molecule has 21 heavy (non-hydrogen) atoms. The SMILES string of the molecule is O=C(OCc1ccccc1)c1ccc(OC2CNC2)cc1. The number of carbonyl (C=O) groups is 1. The molecular weight excluding hydrogens is 266 g/mol. The van der Waals surface area contributed by atoms with Crippen molar-refractivity contribution >= 4 is 5.97 Å². The van der Waals surface area contributed by atoms with Crippen LogP contribution in [0.5, 0.6) is 5.75 Å². The Labute approximate surface area is 123 Å². The summed E-state index contributed by atoms with van der Waals surface area (Å²) in [5, 5.41) is 3.14. The summed E-state index contributed by atoms with van der Waals surface area (Å²) in [6.45, 7) is 2.04. The van der Waals surface area contributed by atoms with Crippen LogP contribution in [0.1, 0.15) is 15.9 Å². The van der Waals surface area contributed by atoms with Gasteiger partial charge in [-0.25, -0.2) is 4.79 Å². The van der Waals surface area contributed by atoms with Crippen molar-refractivity contribution in [1.82, 2.24) is 5.32 Å². The fourth-order valence-electron chi connectivity index (χ4n) is 2.01. The number of nitrogens with one attached hydrogen (secondary N) is 1. The van der Waals surface area contributed by atoms with Crippen molar-refractivity contribution in [2.24, 2.45) is 0 Å². The van der Waals surface area contributed by atoms with Crippen LogP contribution in [-0.2, 0) is 11.3 Å². The van der Waals surface area contributed by atoms with Crippen LogP contribution in [0.15, 0.2) is 54.6 Å². The van der Waals surface area contributed by atoms with E-state index in [4.69, 9.17) is 9.47 Å². The summed E-state index contributed by atoms with van der Waals surface area (Å²) >= 11 is 0. The second-order valence-corrected chi connectivity index (χ2v) is 4.98. The maximum Gasteiger partial charge on any atom is 0.338 e. The van der Waals surface area contributed by atoms with Gasteiger partial charge in [0.1, 0.15) is 18.5 Å². The lowest BCUT2D eigenvalue weighted by atomic mass is 10.2. The summed E-state index contributed by atoms with van der Waals surface area (Å²) in [6, 6.07) is 16.7. The average molecular weight is 283 g/mol. The summed E-state index contributed by atoms with van der Waals surface area (Å²) in [7, 11) is 0. The van der Waals surface area contributed by atoms with E-state index in [0.717, 1.165) is 24.4 Å². The van der Waals surface area contributed by atoms with Gasteiger partial charge < -0.3 is 14.8 Å². The van der Waals surface area contributed by atoms with Gasteiger partial charge in [0.15, 0.2) is 0 Å². The molecule has 1 aliphatic heterocycles. The van der Waals surface area contributed by atoms with Crippen LogP contribution in [-0.4, -0.2) is 25.2 Å². The molecule has 3 rings (SSSR count). The van der Waals surface area contributed by atoms with Gasteiger partial charge in [-0.15, -0.1) is 0 Å². The molecule has 0 aliphatic carbocycles. The van der Waals surface area contributed by atoms with Crippen molar-refractivity contribution in [1.29, 1.82) is 0 Å². The van der Waals surface area contributed by atoms with E-state index in [9.17, 15) is 4.79 Å². The first kappa shape index (κ1) is 13.6. The Balaban J connectivity index is 1.54. The van der Waals surface area contributed by atoms with Crippen molar-refractivity contribution in [3.8, 4) is 5.75 Å². The van der Waals surface area contributed by atoms with Gasteiger partial charge in [-0.1, -0.05) is 30.3 Å². The van der Waals surface area contributed by atoms with Gasteiger partial charge in [0, 0.05) is 13.1 Å². The van der Waals surface area contributed by atoms with Gasteiger partial charge in [-0.2, -0.15) is 0 Å². The standard InChI is InChI=1S/C17H17NO3/c19-17(20-12-13-4-2-1-3-5-13)14-6-8-15(9-7-14)21-16-10-18-11-16/h1-9,16,18H,10-12H2. The highest BCUT2D eigenvalue weighted by Gasteiger charge is 2.18. The van der Waals surface area contributed by atoms with E-state index >= 15 is 0 Å². The summed E-state index contributed by atoms with van der Waals surface area (Å²) < 4.78 is 11.0. The van der Waals surface area contributed by atoms with Gasteiger partial charge in [0.25, 0.3) is 0 Å². The second kappa shape index (κ2) is 6.41. The average Bonchev–Trinajstić information content (AvgIpc) is 2.50. The normalized spacial score (nSPS) is 14.3. The minimum absolute atomic E-state index is 0.237. The van der Waals surface area contributed by atoms with E-state index < -0.39 is 0 Å². The molecule has 0 atom stereocenters. The van der Waals surface area contributed by atoms with Crippen LogP contribution < -0.4 is 10.1 Å².